The Morgan fingerprint density at radius 1 is 0.952 bits per heavy atom. The number of amides is 1. The maximum absolute atomic E-state index is 12.1. The van der Waals surface area contributed by atoms with Crippen LogP contribution in [-0.4, -0.2) is 11.6 Å². The fraction of sp³-hybridized carbons (Fsp3) is 0.222. The number of rotatable bonds is 2. The summed E-state index contributed by atoms with van der Waals surface area (Å²) >= 11 is 0. The number of carbonyl (C=O) groups excluding carboxylic acids is 1. The van der Waals surface area contributed by atoms with Gasteiger partial charge in [0.1, 0.15) is 0 Å². The van der Waals surface area contributed by atoms with Crippen molar-refractivity contribution in [3.63, 3.8) is 0 Å². The zero-order valence-corrected chi connectivity index (χ0v) is 12.3. The number of hydrogen-bond acceptors (Lipinski definition) is 2. The van der Waals surface area contributed by atoms with Crippen LogP contribution in [0.4, 0.5) is 0 Å². The van der Waals surface area contributed by atoms with E-state index in [1.165, 1.54) is 11.1 Å². The first-order valence-electron chi connectivity index (χ1n) is 7.13. The topological polar surface area (TPSA) is 41.5 Å². The van der Waals surface area contributed by atoms with Crippen molar-refractivity contribution in [2.75, 3.05) is 0 Å². The molecule has 0 saturated heterocycles. The normalized spacial score (nSPS) is 18.1. The predicted octanol–water partition coefficient (Wildman–Crippen LogP) is 3.31. The van der Waals surface area contributed by atoms with Crippen LogP contribution in [0.5, 0.6) is 0 Å². The molecule has 21 heavy (non-hydrogen) atoms. The number of benzene rings is 2. The van der Waals surface area contributed by atoms with E-state index in [9.17, 15) is 4.79 Å². The molecule has 1 aliphatic heterocycles. The molecule has 1 N–H and O–H groups in total. The van der Waals surface area contributed by atoms with Crippen molar-refractivity contribution < 1.29 is 4.79 Å². The van der Waals surface area contributed by atoms with E-state index in [0.717, 1.165) is 16.8 Å². The molecule has 0 spiro atoms. The van der Waals surface area contributed by atoms with E-state index in [0.29, 0.717) is 6.42 Å². The van der Waals surface area contributed by atoms with Crippen molar-refractivity contribution in [2.24, 2.45) is 5.10 Å². The molecule has 3 rings (SSSR count). The summed E-state index contributed by atoms with van der Waals surface area (Å²) in [4.78, 5) is 12.1. The lowest BCUT2D eigenvalue weighted by Crippen LogP contribution is -2.33. The van der Waals surface area contributed by atoms with Crippen LogP contribution in [0.1, 0.15) is 34.6 Å². The molecule has 106 valence electrons. The summed E-state index contributed by atoms with van der Waals surface area (Å²) in [5, 5.41) is 4.22. The molecule has 0 unspecified atom stereocenters. The first-order valence-corrected chi connectivity index (χ1v) is 7.13. The molecular formula is C18H18N2O. The van der Waals surface area contributed by atoms with Gasteiger partial charge in [0, 0.05) is 6.42 Å². The van der Waals surface area contributed by atoms with Crippen molar-refractivity contribution in [2.45, 2.75) is 26.2 Å². The smallest absolute Gasteiger partial charge is 0.248 e. The molecule has 3 nitrogen and oxygen atoms in total. The Balaban J connectivity index is 1.88. The molecule has 0 saturated carbocycles. The van der Waals surface area contributed by atoms with Crippen molar-refractivity contribution in [3.8, 4) is 0 Å². The van der Waals surface area contributed by atoms with Gasteiger partial charge in [-0.2, -0.15) is 5.10 Å². The molecule has 0 fully saturated rings. The predicted molar refractivity (Wildman–Crippen MR) is 84.4 cm³/mol. The fourth-order valence-corrected chi connectivity index (χ4v) is 2.53. The lowest BCUT2D eigenvalue weighted by molar-refractivity contribution is -0.122. The van der Waals surface area contributed by atoms with Gasteiger partial charge in [-0.25, -0.2) is 5.43 Å². The van der Waals surface area contributed by atoms with Crippen molar-refractivity contribution in [1.29, 1.82) is 0 Å². The van der Waals surface area contributed by atoms with Crippen LogP contribution in [-0.2, 0) is 4.79 Å². The third-order valence-electron chi connectivity index (χ3n) is 3.88. The number of carbonyl (C=O) groups is 1. The van der Waals surface area contributed by atoms with E-state index >= 15 is 0 Å². The van der Waals surface area contributed by atoms with Crippen LogP contribution >= 0.6 is 0 Å². The summed E-state index contributed by atoms with van der Waals surface area (Å²) in [5.74, 6) is -0.200. The van der Waals surface area contributed by atoms with Gasteiger partial charge in [0.2, 0.25) is 5.91 Å². The summed E-state index contributed by atoms with van der Waals surface area (Å²) in [6, 6.07) is 16.4. The summed E-state index contributed by atoms with van der Waals surface area (Å²) in [7, 11) is 0. The van der Waals surface area contributed by atoms with Gasteiger partial charge >= 0.3 is 0 Å². The van der Waals surface area contributed by atoms with E-state index in [-0.39, 0.29) is 11.8 Å². The highest BCUT2D eigenvalue weighted by Gasteiger charge is 2.26. The van der Waals surface area contributed by atoms with Crippen LogP contribution in [0.25, 0.3) is 0 Å². The number of hydrazone groups is 1. The Bertz CT molecular complexity index is 684. The highest BCUT2D eigenvalue weighted by Crippen LogP contribution is 2.25. The van der Waals surface area contributed by atoms with Crippen molar-refractivity contribution >= 4 is 11.6 Å². The second kappa shape index (κ2) is 5.52. The number of aryl methyl sites for hydroxylation is 2. The van der Waals surface area contributed by atoms with Crippen LogP contribution in [0.3, 0.4) is 0 Å². The minimum atomic E-state index is -0.167. The molecule has 3 heteroatoms. The second-order valence-electron chi connectivity index (χ2n) is 5.57. The third kappa shape index (κ3) is 2.87. The van der Waals surface area contributed by atoms with Crippen molar-refractivity contribution in [3.05, 3.63) is 70.8 Å². The lowest BCUT2D eigenvalue weighted by Gasteiger charge is -2.22. The van der Waals surface area contributed by atoms with Gasteiger partial charge in [-0.1, -0.05) is 59.7 Å². The summed E-state index contributed by atoms with van der Waals surface area (Å²) < 4.78 is 0. The van der Waals surface area contributed by atoms with E-state index in [1.54, 1.807) is 0 Å². The Hall–Kier alpha value is -2.42. The van der Waals surface area contributed by atoms with E-state index in [1.807, 2.05) is 31.2 Å². The lowest BCUT2D eigenvalue weighted by atomic mass is 9.89. The van der Waals surface area contributed by atoms with Gasteiger partial charge in [0.25, 0.3) is 0 Å². The van der Waals surface area contributed by atoms with Gasteiger partial charge in [-0.05, 0) is 25.0 Å². The quantitative estimate of drug-likeness (QED) is 0.899. The molecular weight excluding hydrogens is 260 g/mol. The van der Waals surface area contributed by atoms with Gasteiger partial charge in [-0.3, -0.25) is 4.79 Å². The molecule has 2 aromatic rings. The maximum Gasteiger partial charge on any atom is 0.248 e. The molecule has 2 aromatic carbocycles. The number of nitrogens with zero attached hydrogens (tertiary/aromatic N) is 1. The first kappa shape index (κ1) is 13.6. The highest BCUT2D eigenvalue weighted by molar-refractivity contribution is 6.06. The summed E-state index contributed by atoms with van der Waals surface area (Å²) in [6.07, 6.45) is 0.637. The zero-order valence-electron chi connectivity index (χ0n) is 12.3. The molecule has 1 atom stereocenters. The minimum Gasteiger partial charge on any atom is -0.272 e. The third-order valence-corrected chi connectivity index (χ3v) is 3.88. The number of hydrogen-bond donors (Lipinski definition) is 1. The average Bonchev–Trinajstić information content (AvgIpc) is 2.50. The zero-order chi connectivity index (χ0) is 14.8. The maximum atomic E-state index is 12.1. The standard InChI is InChI=1S/C18H18N2O/c1-12-3-7-14(8-4-12)16-11-17(19-20-18(16)21)15-9-5-13(2)6-10-15/h3-10,16H,11H2,1-2H3,(H,20,21)/t16-/m0/s1. The van der Waals surface area contributed by atoms with Crippen LogP contribution in [0.2, 0.25) is 0 Å². The van der Waals surface area contributed by atoms with Gasteiger partial charge in [0.15, 0.2) is 0 Å². The number of nitrogens with one attached hydrogen (secondary N) is 1. The van der Waals surface area contributed by atoms with E-state index in [2.05, 4.69) is 41.7 Å². The van der Waals surface area contributed by atoms with Crippen LogP contribution in [0, 0.1) is 13.8 Å². The SMILES string of the molecule is Cc1ccc(C2=NNC(=O)[C@H](c3ccc(C)cc3)C2)cc1. The van der Waals surface area contributed by atoms with Crippen molar-refractivity contribution in [1.82, 2.24) is 5.43 Å². The molecule has 0 bridgehead atoms. The molecule has 1 heterocycles. The monoisotopic (exact) mass is 278 g/mol. The van der Waals surface area contributed by atoms with E-state index in [4.69, 9.17) is 0 Å². The molecule has 0 aromatic heterocycles. The van der Waals surface area contributed by atoms with Crippen LogP contribution in [0.15, 0.2) is 53.6 Å². The molecule has 1 aliphatic rings. The Morgan fingerprint density at radius 2 is 1.52 bits per heavy atom. The molecule has 0 aliphatic carbocycles. The second-order valence-corrected chi connectivity index (χ2v) is 5.57. The molecule has 1 amide bonds. The Morgan fingerprint density at radius 3 is 2.14 bits per heavy atom. The van der Waals surface area contributed by atoms with E-state index < -0.39 is 0 Å². The van der Waals surface area contributed by atoms with Gasteiger partial charge in [0.05, 0.1) is 11.6 Å². The average molecular weight is 278 g/mol. The largest absolute Gasteiger partial charge is 0.272 e. The highest BCUT2D eigenvalue weighted by atomic mass is 16.2. The Kier molecular flexibility index (Phi) is 3.57. The fourth-order valence-electron chi connectivity index (χ4n) is 2.53. The minimum absolute atomic E-state index is 0.0327. The van der Waals surface area contributed by atoms with Gasteiger partial charge in [-0.15, -0.1) is 0 Å². The van der Waals surface area contributed by atoms with Gasteiger partial charge < -0.3 is 0 Å². The van der Waals surface area contributed by atoms with Crippen LogP contribution < -0.4 is 5.43 Å². The first-order chi connectivity index (χ1) is 10.1. The summed E-state index contributed by atoms with van der Waals surface area (Å²) in [6.45, 7) is 4.10. The molecule has 0 radical (unpaired) electrons. The summed E-state index contributed by atoms with van der Waals surface area (Å²) in [5.41, 5.74) is 8.11. The Labute approximate surface area is 124 Å².